The van der Waals surface area contributed by atoms with E-state index in [4.69, 9.17) is 0 Å². The molecule has 0 unspecified atom stereocenters. The summed E-state index contributed by atoms with van der Waals surface area (Å²) in [4.78, 5) is 17.6. The maximum Gasteiger partial charge on any atom is 0.151 e. The number of aromatic nitrogens is 1. The van der Waals surface area contributed by atoms with E-state index < -0.39 is 0 Å². The summed E-state index contributed by atoms with van der Waals surface area (Å²) in [5.41, 5.74) is 4.26. The van der Waals surface area contributed by atoms with Crippen LogP contribution < -0.4 is 4.90 Å². The van der Waals surface area contributed by atoms with E-state index in [0.29, 0.717) is 5.56 Å². The summed E-state index contributed by atoms with van der Waals surface area (Å²) < 4.78 is 0. The monoisotopic (exact) mass is 252 g/mol. The molecule has 2 heterocycles. The number of anilines is 1. The van der Waals surface area contributed by atoms with Gasteiger partial charge in [-0.3, -0.25) is 4.79 Å². The third-order valence-electron chi connectivity index (χ3n) is 3.69. The second kappa shape index (κ2) is 4.84. The average Bonchev–Trinajstić information content (AvgIpc) is 2.46. The molecule has 0 amide bonds. The first-order chi connectivity index (χ1) is 9.28. The molecule has 96 valence electrons. The number of hydrogen-bond acceptors (Lipinski definition) is 3. The minimum Gasteiger partial charge on any atom is -0.352 e. The zero-order valence-electron chi connectivity index (χ0n) is 11.0. The predicted molar refractivity (Wildman–Crippen MR) is 75.6 cm³/mol. The fourth-order valence-corrected chi connectivity index (χ4v) is 2.55. The smallest absolute Gasteiger partial charge is 0.151 e. The van der Waals surface area contributed by atoms with Crippen LogP contribution in [0.4, 0.5) is 5.82 Å². The number of aldehydes is 1. The molecule has 2 aromatic rings. The summed E-state index contributed by atoms with van der Waals surface area (Å²) in [5, 5.41) is 0. The van der Waals surface area contributed by atoms with Crippen molar-refractivity contribution in [3.05, 3.63) is 58.8 Å². The predicted octanol–water partition coefficient (Wildman–Crippen LogP) is 2.77. The molecule has 3 heteroatoms. The lowest BCUT2D eigenvalue weighted by molar-refractivity contribution is 0.112. The fraction of sp³-hybridized carbons (Fsp3) is 0.250. The summed E-state index contributed by atoms with van der Waals surface area (Å²) in [7, 11) is 0. The second-order valence-electron chi connectivity index (χ2n) is 4.90. The summed E-state index contributed by atoms with van der Waals surface area (Å²) in [5.74, 6) is 0.956. The lowest BCUT2D eigenvalue weighted by Gasteiger charge is -2.30. The van der Waals surface area contributed by atoms with Crippen molar-refractivity contribution in [2.75, 3.05) is 11.4 Å². The minimum absolute atomic E-state index is 0.668. The van der Waals surface area contributed by atoms with Crippen LogP contribution >= 0.6 is 0 Å². The topological polar surface area (TPSA) is 33.2 Å². The van der Waals surface area contributed by atoms with Gasteiger partial charge in [0.2, 0.25) is 0 Å². The normalized spacial score (nSPS) is 14.1. The molecule has 3 rings (SSSR count). The van der Waals surface area contributed by atoms with Crippen molar-refractivity contribution in [2.24, 2.45) is 0 Å². The molecule has 0 N–H and O–H groups in total. The minimum atomic E-state index is 0.668. The van der Waals surface area contributed by atoms with Gasteiger partial charge in [0.05, 0.1) is 5.69 Å². The van der Waals surface area contributed by atoms with Crippen molar-refractivity contribution in [2.45, 2.75) is 19.9 Å². The van der Waals surface area contributed by atoms with Gasteiger partial charge in [-0.25, -0.2) is 4.98 Å². The van der Waals surface area contributed by atoms with Gasteiger partial charge in [0.25, 0.3) is 0 Å². The van der Waals surface area contributed by atoms with Gasteiger partial charge in [-0.2, -0.15) is 0 Å². The lowest BCUT2D eigenvalue weighted by Crippen LogP contribution is -2.31. The van der Waals surface area contributed by atoms with Crippen LogP contribution in [0.2, 0.25) is 0 Å². The molecule has 0 atom stereocenters. The molecule has 1 aliphatic rings. The number of hydrogen-bond donors (Lipinski definition) is 0. The van der Waals surface area contributed by atoms with Crippen molar-refractivity contribution < 1.29 is 4.79 Å². The second-order valence-corrected chi connectivity index (χ2v) is 4.90. The first-order valence-electron chi connectivity index (χ1n) is 6.52. The number of pyridine rings is 1. The Kier molecular flexibility index (Phi) is 3.03. The van der Waals surface area contributed by atoms with Gasteiger partial charge in [-0.1, -0.05) is 24.3 Å². The van der Waals surface area contributed by atoms with Crippen molar-refractivity contribution in [3.8, 4) is 0 Å². The quantitative estimate of drug-likeness (QED) is 0.771. The van der Waals surface area contributed by atoms with Gasteiger partial charge in [0, 0.05) is 18.7 Å². The molecule has 1 aromatic heterocycles. The van der Waals surface area contributed by atoms with Gasteiger partial charge in [-0.15, -0.1) is 0 Å². The third-order valence-corrected chi connectivity index (χ3v) is 3.69. The van der Waals surface area contributed by atoms with Gasteiger partial charge in [0.1, 0.15) is 5.82 Å². The van der Waals surface area contributed by atoms with Gasteiger partial charge >= 0.3 is 0 Å². The molecule has 0 fully saturated rings. The van der Waals surface area contributed by atoms with Crippen molar-refractivity contribution in [1.29, 1.82) is 0 Å². The van der Waals surface area contributed by atoms with Crippen LogP contribution in [-0.4, -0.2) is 17.8 Å². The third kappa shape index (κ3) is 2.24. The highest BCUT2D eigenvalue weighted by molar-refractivity contribution is 5.76. The van der Waals surface area contributed by atoms with Crippen molar-refractivity contribution in [1.82, 2.24) is 4.98 Å². The molecule has 1 aliphatic heterocycles. The van der Waals surface area contributed by atoms with E-state index in [1.54, 1.807) is 0 Å². The summed E-state index contributed by atoms with van der Waals surface area (Å²) >= 11 is 0. The summed E-state index contributed by atoms with van der Waals surface area (Å²) in [6.45, 7) is 3.75. The Labute approximate surface area is 112 Å². The standard InChI is InChI=1S/C16H16N2O/c1-12-15(11-19)6-7-16(17-12)18-9-8-13-4-2-3-5-14(13)10-18/h2-7,11H,8-10H2,1H3. The Morgan fingerprint density at radius 2 is 1.95 bits per heavy atom. The van der Waals surface area contributed by atoms with E-state index in [1.165, 1.54) is 11.1 Å². The van der Waals surface area contributed by atoms with Gasteiger partial charge < -0.3 is 4.90 Å². The number of aryl methyl sites for hydroxylation is 1. The maximum absolute atomic E-state index is 10.8. The number of carbonyl (C=O) groups is 1. The van der Waals surface area contributed by atoms with Crippen molar-refractivity contribution >= 4 is 12.1 Å². The molecule has 0 saturated carbocycles. The van der Waals surface area contributed by atoms with Crippen LogP contribution in [0, 0.1) is 6.92 Å². The summed E-state index contributed by atoms with van der Waals surface area (Å²) in [6, 6.07) is 12.3. The molecule has 3 nitrogen and oxygen atoms in total. The fourth-order valence-electron chi connectivity index (χ4n) is 2.55. The Bertz CT molecular complexity index is 622. The maximum atomic E-state index is 10.8. The Morgan fingerprint density at radius 3 is 2.68 bits per heavy atom. The SMILES string of the molecule is Cc1nc(N2CCc3ccccc3C2)ccc1C=O. The number of fused-ring (bicyclic) bond motifs is 1. The molecule has 1 aromatic carbocycles. The number of carbonyl (C=O) groups excluding carboxylic acids is 1. The van der Waals surface area contributed by atoms with Crippen LogP contribution in [0.5, 0.6) is 0 Å². The largest absolute Gasteiger partial charge is 0.352 e. The van der Waals surface area contributed by atoms with E-state index in [-0.39, 0.29) is 0 Å². The van der Waals surface area contributed by atoms with Crippen molar-refractivity contribution in [3.63, 3.8) is 0 Å². The molecule has 0 aliphatic carbocycles. The van der Waals surface area contributed by atoms with Gasteiger partial charge in [0.15, 0.2) is 6.29 Å². The number of rotatable bonds is 2. The zero-order chi connectivity index (χ0) is 13.2. The molecular formula is C16H16N2O. The molecule has 0 bridgehead atoms. The van der Waals surface area contributed by atoms with E-state index in [9.17, 15) is 4.79 Å². The Morgan fingerprint density at radius 1 is 1.16 bits per heavy atom. The molecule has 0 radical (unpaired) electrons. The molecular weight excluding hydrogens is 236 g/mol. The molecule has 19 heavy (non-hydrogen) atoms. The first kappa shape index (κ1) is 11.9. The molecule has 0 saturated heterocycles. The number of benzene rings is 1. The van der Waals surface area contributed by atoms with E-state index in [2.05, 4.69) is 34.1 Å². The van der Waals surface area contributed by atoms with Crippen LogP contribution in [0.1, 0.15) is 27.2 Å². The molecule has 0 spiro atoms. The van der Waals surface area contributed by atoms with E-state index in [0.717, 1.165) is 37.3 Å². The first-order valence-corrected chi connectivity index (χ1v) is 6.52. The highest BCUT2D eigenvalue weighted by atomic mass is 16.1. The Hall–Kier alpha value is -2.16. The summed E-state index contributed by atoms with van der Waals surface area (Å²) in [6.07, 6.45) is 1.91. The van der Waals surface area contributed by atoms with Crippen LogP contribution in [0.3, 0.4) is 0 Å². The highest BCUT2D eigenvalue weighted by Crippen LogP contribution is 2.23. The number of nitrogens with zero attached hydrogens (tertiary/aromatic N) is 2. The van der Waals surface area contributed by atoms with Gasteiger partial charge in [-0.05, 0) is 36.6 Å². The van der Waals surface area contributed by atoms with Crippen LogP contribution in [0.25, 0.3) is 0 Å². The Balaban J connectivity index is 1.89. The lowest BCUT2D eigenvalue weighted by atomic mass is 10.00. The van der Waals surface area contributed by atoms with E-state index in [1.807, 2.05) is 19.1 Å². The highest BCUT2D eigenvalue weighted by Gasteiger charge is 2.17. The average molecular weight is 252 g/mol. The van der Waals surface area contributed by atoms with Crippen LogP contribution in [-0.2, 0) is 13.0 Å². The van der Waals surface area contributed by atoms with E-state index >= 15 is 0 Å². The zero-order valence-corrected chi connectivity index (χ0v) is 11.0. The van der Waals surface area contributed by atoms with Crippen LogP contribution in [0.15, 0.2) is 36.4 Å².